The largest absolute Gasteiger partial charge is 0.382 e. The second-order valence-corrected chi connectivity index (χ2v) is 8.16. The van der Waals surface area contributed by atoms with E-state index in [4.69, 9.17) is 10.7 Å². The number of hydrogen-bond donors (Lipinski definition) is 1. The van der Waals surface area contributed by atoms with E-state index < -0.39 is 0 Å². The van der Waals surface area contributed by atoms with E-state index in [1.54, 1.807) is 6.20 Å². The molecule has 0 bridgehead atoms. The fourth-order valence-corrected chi connectivity index (χ4v) is 4.00. The normalized spacial score (nSPS) is 11.5. The van der Waals surface area contributed by atoms with Gasteiger partial charge >= 0.3 is 0 Å². The van der Waals surface area contributed by atoms with Crippen LogP contribution in [0, 0.1) is 0 Å². The second kappa shape index (κ2) is 11.0. The van der Waals surface area contributed by atoms with Gasteiger partial charge in [-0.2, -0.15) is 0 Å². The van der Waals surface area contributed by atoms with Gasteiger partial charge in [0, 0.05) is 32.0 Å². The molecule has 0 saturated carbocycles. The average Bonchev–Trinajstić information content (AvgIpc) is 3.11. The Morgan fingerprint density at radius 1 is 0.967 bits per heavy atom. The average molecular weight is 410 g/mol. The lowest BCUT2D eigenvalue weighted by molar-refractivity contribution is -0.119. The van der Waals surface area contributed by atoms with Crippen LogP contribution in [0.3, 0.4) is 0 Å². The van der Waals surface area contributed by atoms with Gasteiger partial charge in [0.15, 0.2) is 5.82 Å². The van der Waals surface area contributed by atoms with Crippen molar-refractivity contribution in [3.05, 3.63) is 24.2 Å². The Labute approximate surface area is 179 Å². The number of ketones is 1. The number of fused-ring (bicyclic) bond motifs is 3. The van der Waals surface area contributed by atoms with Crippen molar-refractivity contribution in [2.45, 2.75) is 91.0 Å². The number of aryl methyl sites for hydroxylation is 2. The number of nitrogen functional groups attached to an aromatic ring is 1. The maximum absolute atomic E-state index is 12.0. The topological polar surface area (TPSA) is 86.7 Å². The Bertz CT molecular complexity index is 979. The Balaban J connectivity index is 1.72. The molecule has 3 aromatic rings. The highest BCUT2D eigenvalue weighted by Crippen LogP contribution is 2.28. The molecule has 3 aromatic heterocycles. The number of aromatic nitrogens is 4. The molecule has 2 N–H and O–H groups in total. The molecule has 3 rings (SSSR count). The third-order valence-corrected chi connectivity index (χ3v) is 5.69. The SMILES string of the molecule is CCCCCC(=O)CCCCCn1c(CCCC)nc2c(N)nc3cccnc3c21. The molecule has 6 heteroatoms. The van der Waals surface area contributed by atoms with E-state index in [1.807, 2.05) is 12.1 Å². The number of hydrogen-bond acceptors (Lipinski definition) is 5. The fourth-order valence-electron chi connectivity index (χ4n) is 4.00. The van der Waals surface area contributed by atoms with Crippen LogP contribution in [0.1, 0.15) is 83.9 Å². The maximum Gasteiger partial charge on any atom is 0.152 e. The first-order valence-corrected chi connectivity index (χ1v) is 11.6. The highest BCUT2D eigenvalue weighted by atomic mass is 16.1. The quantitative estimate of drug-likeness (QED) is 0.371. The number of pyridine rings is 2. The molecule has 6 nitrogen and oxygen atoms in total. The lowest BCUT2D eigenvalue weighted by atomic mass is 10.1. The van der Waals surface area contributed by atoms with E-state index in [0.717, 1.165) is 98.6 Å². The smallest absolute Gasteiger partial charge is 0.152 e. The number of nitrogens with two attached hydrogens (primary N) is 1. The number of rotatable bonds is 13. The van der Waals surface area contributed by atoms with Crippen LogP contribution in [0.4, 0.5) is 5.82 Å². The summed E-state index contributed by atoms with van der Waals surface area (Å²) in [6.45, 7) is 5.23. The first-order chi connectivity index (χ1) is 14.7. The molecule has 0 unspecified atom stereocenters. The van der Waals surface area contributed by atoms with Crippen LogP contribution in [0.25, 0.3) is 22.1 Å². The monoisotopic (exact) mass is 409 g/mol. The number of anilines is 1. The molecule has 0 aliphatic rings. The lowest BCUT2D eigenvalue weighted by Gasteiger charge is -2.10. The summed E-state index contributed by atoms with van der Waals surface area (Å²) < 4.78 is 2.29. The van der Waals surface area contributed by atoms with E-state index in [2.05, 4.69) is 28.4 Å². The van der Waals surface area contributed by atoms with Crippen LogP contribution in [-0.2, 0) is 17.8 Å². The molecule has 0 spiro atoms. The van der Waals surface area contributed by atoms with E-state index >= 15 is 0 Å². The standard InChI is InChI=1S/C24H35N5O/c1-3-5-8-12-18(30)13-9-7-10-17-29-20(15-6-4-2)28-22-23(29)21-19(27-24(22)25)14-11-16-26-21/h11,14,16H,3-10,12-13,15,17H2,1-2H3,(H2,25,27). The van der Waals surface area contributed by atoms with Crippen molar-refractivity contribution in [1.29, 1.82) is 0 Å². The van der Waals surface area contributed by atoms with Crippen LogP contribution in [-0.4, -0.2) is 25.3 Å². The lowest BCUT2D eigenvalue weighted by Crippen LogP contribution is -2.06. The molecular formula is C24H35N5O. The Morgan fingerprint density at radius 3 is 2.50 bits per heavy atom. The molecule has 0 aliphatic carbocycles. The summed E-state index contributed by atoms with van der Waals surface area (Å²) in [5, 5.41) is 0. The van der Waals surface area contributed by atoms with Gasteiger partial charge in [-0.25, -0.2) is 9.97 Å². The molecule has 0 amide bonds. The van der Waals surface area contributed by atoms with E-state index in [-0.39, 0.29) is 0 Å². The number of unbranched alkanes of at least 4 members (excludes halogenated alkanes) is 5. The maximum atomic E-state index is 12.0. The van der Waals surface area contributed by atoms with Gasteiger partial charge in [-0.15, -0.1) is 0 Å². The van der Waals surface area contributed by atoms with E-state index in [0.29, 0.717) is 18.0 Å². The minimum absolute atomic E-state index is 0.411. The van der Waals surface area contributed by atoms with Gasteiger partial charge in [0.25, 0.3) is 0 Å². The summed E-state index contributed by atoms with van der Waals surface area (Å²) in [7, 11) is 0. The van der Waals surface area contributed by atoms with Gasteiger partial charge in [-0.1, -0.05) is 39.5 Å². The number of nitrogens with zero attached hydrogens (tertiary/aromatic N) is 4. The van der Waals surface area contributed by atoms with E-state index in [9.17, 15) is 4.79 Å². The molecule has 0 aromatic carbocycles. The molecule has 30 heavy (non-hydrogen) atoms. The minimum atomic E-state index is 0.411. The van der Waals surface area contributed by atoms with Crippen molar-refractivity contribution >= 4 is 33.7 Å². The molecule has 162 valence electrons. The second-order valence-electron chi connectivity index (χ2n) is 8.16. The molecule has 0 radical (unpaired) electrons. The van der Waals surface area contributed by atoms with Gasteiger partial charge < -0.3 is 10.3 Å². The van der Waals surface area contributed by atoms with Gasteiger partial charge in [-0.05, 0) is 37.8 Å². The first-order valence-electron chi connectivity index (χ1n) is 11.6. The van der Waals surface area contributed by atoms with Gasteiger partial charge in [0.1, 0.15) is 28.2 Å². The zero-order chi connectivity index (χ0) is 21.3. The van der Waals surface area contributed by atoms with Gasteiger partial charge in [0.05, 0.1) is 5.52 Å². The van der Waals surface area contributed by atoms with Crippen molar-refractivity contribution in [2.75, 3.05) is 5.73 Å². The van der Waals surface area contributed by atoms with Crippen molar-refractivity contribution in [1.82, 2.24) is 19.5 Å². The number of carbonyl (C=O) groups excluding carboxylic acids is 1. The van der Waals surface area contributed by atoms with Crippen LogP contribution >= 0.6 is 0 Å². The van der Waals surface area contributed by atoms with Gasteiger partial charge in [0.2, 0.25) is 0 Å². The van der Waals surface area contributed by atoms with Crippen molar-refractivity contribution in [3.63, 3.8) is 0 Å². The molecule has 0 saturated heterocycles. The predicted octanol–water partition coefficient (Wildman–Crippen LogP) is 5.61. The summed E-state index contributed by atoms with van der Waals surface area (Å²) in [5.74, 6) is 1.95. The number of Topliss-reactive ketones (excluding diaryl/α,β-unsaturated/α-hetero) is 1. The first kappa shape index (κ1) is 22.2. The van der Waals surface area contributed by atoms with Crippen molar-refractivity contribution in [2.24, 2.45) is 0 Å². The summed E-state index contributed by atoms with van der Waals surface area (Å²) in [6, 6.07) is 3.84. The zero-order valence-electron chi connectivity index (χ0n) is 18.5. The van der Waals surface area contributed by atoms with Crippen molar-refractivity contribution < 1.29 is 4.79 Å². The van der Waals surface area contributed by atoms with Crippen LogP contribution in [0.2, 0.25) is 0 Å². The highest BCUT2D eigenvalue weighted by Gasteiger charge is 2.17. The molecular weight excluding hydrogens is 374 g/mol. The number of imidazole rings is 1. The zero-order valence-corrected chi connectivity index (χ0v) is 18.5. The van der Waals surface area contributed by atoms with Crippen LogP contribution in [0.5, 0.6) is 0 Å². The van der Waals surface area contributed by atoms with Crippen LogP contribution in [0.15, 0.2) is 18.3 Å². The Kier molecular flexibility index (Phi) is 8.17. The van der Waals surface area contributed by atoms with E-state index in [1.165, 1.54) is 0 Å². The molecule has 0 fully saturated rings. The highest BCUT2D eigenvalue weighted by molar-refractivity contribution is 6.04. The number of carbonyl (C=O) groups is 1. The third kappa shape index (κ3) is 5.35. The molecule has 3 heterocycles. The van der Waals surface area contributed by atoms with Gasteiger partial charge in [-0.3, -0.25) is 9.78 Å². The predicted molar refractivity (Wildman–Crippen MR) is 123 cm³/mol. The summed E-state index contributed by atoms with van der Waals surface area (Å²) in [6.07, 6.45) is 12.8. The Hall–Kier alpha value is -2.50. The molecule has 0 aliphatic heterocycles. The van der Waals surface area contributed by atoms with Crippen molar-refractivity contribution in [3.8, 4) is 0 Å². The summed E-state index contributed by atoms with van der Waals surface area (Å²) >= 11 is 0. The minimum Gasteiger partial charge on any atom is -0.382 e. The Morgan fingerprint density at radius 2 is 1.73 bits per heavy atom. The van der Waals surface area contributed by atoms with Crippen LogP contribution < -0.4 is 5.73 Å². The fraction of sp³-hybridized carbons (Fsp3) is 0.583. The summed E-state index contributed by atoms with van der Waals surface area (Å²) in [5.41, 5.74) is 9.68. The summed E-state index contributed by atoms with van der Waals surface area (Å²) in [4.78, 5) is 25.9. The third-order valence-electron chi connectivity index (χ3n) is 5.69. The molecule has 0 atom stereocenters.